The van der Waals surface area contributed by atoms with Crippen LogP contribution in [0.5, 0.6) is 0 Å². The van der Waals surface area contributed by atoms with Gasteiger partial charge in [0.05, 0.1) is 5.69 Å². The summed E-state index contributed by atoms with van der Waals surface area (Å²) in [5, 5.41) is 4.41. The van der Waals surface area contributed by atoms with Crippen molar-refractivity contribution in [3.8, 4) is 0 Å². The number of halogens is 1. The van der Waals surface area contributed by atoms with Gasteiger partial charge >= 0.3 is 0 Å². The number of fused-ring (bicyclic) bond motifs is 1. The van der Waals surface area contributed by atoms with E-state index in [4.69, 9.17) is 0 Å². The van der Waals surface area contributed by atoms with Crippen LogP contribution in [0.25, 0.3) is 10.8 Å². The van der Waals surface area contributed by atoms with E-state index in [0.29, 0.717) is 11.1 Å². The summed E-state index contributed by atoms with van der Waals surface area (Å²) >= 11 is 0. The maximum Gasteiger partial charge on any atom is 0.227 e. The second-order valence-electron chi connectivity index (χ2n) is 5.37. The van der Waals surface area contributed by atoms with E-state index < -0.39 is 0 Å². The Labute approximate surface area is 117 Å². The van der Waals surface area contributed by atoms with Crippen molar-refractivity contribution >= 4 is 22.4 Å². The van der Waals surface area contributed by atoms with Gasteiger partial charge in [-0.1, -0.05) is 19.3 Å². The zero-order valence-corrected chi connectivity index (χ0v) is 11.2. The Kier molecular flexibility index (Phi) is 3.63. The number of anilines is 1. The summed E-state index contributed by atoms with van der Waals surface area (Å²) in [5.41, 5.74) is 0.540. The number of benzene rings is 1. The molecule has 1 saturated carbocycles. The first-order valence-electron chi connectivity index (χ1n) is 7.08. The van der Waals surface area contributed by atoms with Gasteiger partial charge in [-0.2, -0.15) is 0 Å². The van der Waals surface area contributed by atoms with Gasteiger partial charge in [0.15, 0.2) is 0 Å². The lowest BCUT2D eigenvalue weighted by atomic mass is 9.88. The van der Waals surface area contributed by atoms with Crippen molar-refractivity contribution in [2.24, 2.45) is 5.92 Å². The van der Waals surface area contributed by atoms with Crippen molar-refractivity contribution in [1.82, 2.24) is 4.98 Å². The number of aromatic nitrogens is 1. The molecule has 1 fully saturated rings. The Hall–Kier alpha value is -1.97. The first-order chi connectivity index (χ1) is 9.74. The average Bonchev–Trinajstić information content (AvgIpc) is 2.48. The van der Waals surface area contributed by atoms with Gasteiger partial charge in [0, 0.05) is 29.1 Å². The van der Waals surface area contributed by atoms with Gasteiger partial charge < -0.3 is 5.32 Å². The quantitative estimate of drug-likeness (QED) is 0.901. The van der Waals surface area contributed by atoms with Crippen LogP contribution in [0.4, 0.5) is 10.1 Å². The summed E-state index contributed by atoms with van der Waals surface area (Å²) in [7, 11) is 0. The highest BCUT2D eigenvalue weighted by atomic mass is 19.1. The summed E-state index contributed by atoms with van der Waals surface area (Å²) in [4.78, 5) is 16.3. The van der Waals surface area contributed by atoms with E-state index in [-0.39, 0.29) is 17.6 Å². The van der Waals surface area contributed by atoms with Crippen molar-refractivity contribution in [2.45, 2.75) is 32.1 Å². The smallest absolute Gasteiger partial charge is 0.227 e. The van der Waals surface area contributed by atoms with Crippen LogP contribution in [0.2, 0.25) is 0 Å². The molecule has 0 spiro atoms. The van der Waals surface area contributed by atoms with E-state index >= 15 is 0 Å². The first kappa shape index (κ1) is 13.0. The zero-order chi connectivity index (χ0) is 13.9. The molecule has 0 bridgehead atoms. The van der Waals surface area contributed by atoms with Crippen molar-refractivity contribution in [2.75, 3.05) is 5.32 Å². The van der Waals surface area contributed by atoms with Crippen LogP contribution in [0, 0.1) is 11.7 Å². The molecule has 1 aliphatic carbocycles. The molecule has 0 unspecified atom stereocenters. The molecule has 1 aromatic heterocycles. The Morgan fingerprint density at radius 3 is 2.85 bits per heavy atom. The number of rotatable bonds is 2. The number of carbonyl (C=O) groups is 1. The lowest BCUT2D eigenvalue weighted by Gasteiger charge is -2.21. The third kappa shape index (κ3) is 2.64. The normalized spacial score (nSPS) is 16.2. The maximum absolute atomic E-state index is 13.6. The summed E-state index contributed by atoms with van der Waals surface area (Å²) < 4.78 is 13.6. The van der Waals surface area contributed by atoms with Gasteiger partial charge in [0.1, 0.15) is 5.82 Å². The second kappa shape index (κ2) is 5.57. The van der Waals surface area contributed by atoms with Crippen LogP contribution in [0.3, 0.4) is 0 Å². The predicted octanol–water partition coefficient (Wildman–Crippen LogP) is 3.89. The van der Waals surface area contributed by atoms with Crippen LogP contribution >= 0.6 is 0 Å². The Bertz CT molecular complexity index is 635. The Morgan fingerprint density at radius 1 is 1.25 bits per heavy atom. The molecule has 3 rings (SSSR count). The largest absolute Gasteiger partial charge is 0.325 e. The molecule has 104 valence electrons. The molecule has 1 aliphatic rings. The van der Waals surface area contributed by atoms with Gasteiger partial charge in [0.2, 0.25) is 5.91 Å². The van der Waals surface area contributed by atoms with E-state index in [2.05, 4.69) is 10.3 Å². The summed E-state index contributed by atoms with van der Waals surface area (Å²) in [6.07, 6.45) is 8.53. The molecule has 1 amide bonds. The zero-order valence-electron chi connectivity index (χ0n) is 11.2. The monoisotopic (exact) mass is 272 g/mol. The third-order valence-electron chi connectivity index (χ3n) is 3.95. The van der Waals surface area contributed by atoms with E-state index in [0.717, 1.165) is 31.1 Å². The number of hydrogen-bond acceptors (Lipinski definition) is 2. The fourth-order valence-corrected chi connectivity index (χ4v) is 2.88. The van der Waals surface area contributed by atoms with Gasteiger partial charge in [-0.05, 0) is 31.0 Å². The van der Waals surface area contributed by atoms with Crippen molar-refractivity contribution in [1.29, 1.82) is 0 Å². The molecule has 1 aromatic carbocycles. The van der Waals surface area contributed by atoms with Crippen molar-refractivity contribution in [3.63, 3.8) is 0 Å². The number of nitrogens with zero attached hydrogens (tertiary/aromatic N) is 1. The lowest BCUT2D eigenvalue weighted by molar-refractivity contribution is -0.120. The molecule has 0 aliphatic heterocycles. The molecule has 0 atom stereocenters. The Balaban J connectivity index is 1.88. The fourth-order valence-electron chi connectivity index (χ4n) is 2.88. The highest BCUT2D eigenvalue weighted by Gasteiger charge is 2.21. The Morgan fingerprint density at radius 2 is 2.05 bits per heavy atom. The second-order valence-corrected chi connectivity index (χ2v) is 5.37. The van der Waals surface area contributed by atoms with E-state index in [9.17, 15) is 9.18 Å². The molecule has 4 heteroatoms. The topological polar surface area (TPSA) is 42.0 Å². The van der Waals surface area contributed by atoms with E-state index in [1.54, 1.807) is 18.5 Å². The molecule has 3 nitrogen and oxygen atoms in total. The van der Waals surface area contributed by atoms with Crippen molar-refractivity contribution in [3.05, 3.63) is 36.4 Å². The fraction of sp³-hybridized carbons (Fsp3) is 0.375. The molecule has 2 aromatic rings. The lowest BCUT2D eigenvalue weighted by Crippen LogP contribution is -2.24. The molecule has 1 heterocycles. The average molecular weight is 272 g/mol. The van der Waals surface area contributed by atoms with E-state index in [1.807, 2.05) is 0 Å². The van der Waals surface area contributed by atoms with Crippen molar-refractivity contribution < 1.29 is 9.18 Å². The molecule has 1 N–H and O–H groups in total. The molecule has 20 heavy (non-hydrogen) atoms. The molecular weight excluding hydrogens is 255 g/mol. The van der Waals surface area contributed by atoms with E-state index in [1.165, 1.54) is 18.6 Å². The van der Waals surface area contributed by atoms with Gasteiger partial charge in [0.25, 0.3) is 0 Å². The number of carbonyl (C=O) groups excluding carboxylic acids is 1. The number of amides is 1. The summed E-state index contributed by atoms with van der Waals surface area (Å²) in [5.74, 6) is -0.290. The van der Waals surface area contributed by atoms with Gasteiger partial charge in [-0.3, -0.25) is 9.78 Å². The maximum atomic E-state index is 13.6. The first-order valence-corrected chi connectivity index (χ1v) is 7.08. The standard InChI is InChI=1S/C16H17FN2O/c17-13-8-12-10-18-7-6-14(12)15(9-13)19-16(20)11-4-2-1-3-5-11/h6-11H,1-5H2,(H,19,20). The van der Waals surface area contributed by atoms with Gasteiger partial charge in [-0.15, -0.1) is 0 Å². The predicted molar refractivity (Wildman–Crippen MR) is 76.9 cm³/mol. The van der Waals surface area contributed by atoms with Crippen LogP contribution in [-0.4, -0.2) is 10.9 Å². The molecule has 0 radical (unpaired) electrons. The van der Waals surface area contributed by atoms with Crippen LogP contribution in [0.1, 0.15) is 32.1 Å². The highest BCUT2D eigenvalue weighted by molar-refractivity contribution is 6.02. The van der Waals surface area contributed by atoms with Crippen LogP contribution < -0.4 is 5.32 Å². The number of hydrogen-bond donors (Lipinski definition) is 1. The van der Waals surface area contributed by atoms with Gasteiger partial charge in [-0.25, -0.2) is 4.39 Å². The number of nitrogens with one attached hydrogen (secondary N) is 1. The van der Waals surface area contributed by atoms with Crippen LogP contribution in [0.15, 0.2) is 30.6 Å². The summed E-state index contributed by atoms with van der Waals surface area (Å²) in [6.45, 7) is 0. The SMILES string of the molecule is O=C(Nc1cc(F)cc2cnccc12)C1CCCCC1. The molecule has 0 saturated heterocycles. The summed E-state index contributed by atoms with van der Waals surface area (Å²) in [6, 6.07) is 4.60. The minimum Gasteiger partial charge on any atom is -0.325 e. The number of pyridine rings is 1. The minimum atomic E-state index is -0.357. The third-order valence-corrected chi connectivity index (χ3v) is 3.95. The van der Waals surface area contributed by atoms with Crippen LogP contribution in [-0.2, 0) is 4.79 Å². The molecular formula is C16H17FN2O. The minimum absolute atomic E-state index is 0.00779. The highest BCUT2D eigenvalue weighted by Crippen LogP contribution is 2.28.